The lowest BCUT2D eigenvalue weighted by Gasteiger charge is -1.88. The van der Waals surface area contributed by atoms with Crippen LogP contribution in [-0.4, -0.2) is 17.3 Å². The van der Waals surface area contributed by atoms with Crippen LogP contribution >= 0.6 is 0 Å². The Morgan fingerprint density at radius 3 is 2.60 bits per heavy atom. The van der Waals surface area contributed by atoms with Gasteiger partial charge >= 0.3 is 5.97 Å². The van der Waals surface area contributed by atoms with E-state index in [0.29, 0.717) is 0 Å². The predicted molar refractivity (Wildman–Crippen MR) is 40.1 cm³/mol. The van der Waals surface area contributed by atoms with Crippen LogP contribution in [0.5, 0.6) is 0 Å². The van der Waals surface area contributed by atoms with Crippen molar-refractivity contribution in [2.75, 3.05) is 0 Å². The first-order valence-corrected chi connectivity index (χ1v) is 2.77. The van der Waals surface area contributed by atoms with Gasteiger partial charge in [0.25, 0.3) is 0 Å². The van der Waals surface area contributed by atoms with Gasteiger partial charge in [-0.1, -0.05) is 12.7 Å². The van der Waals surface area contributed by atoms with Crippen molar-refractivity contribution in [2.45, 2.75) is 6.92 Å². The van der Waals surface area contributed by atoms with Crippen LogP contribution in [0.3, 0.4) is 0 Å². The van der Waals surface area contributed by atoms with Crippen LogP contribution in [-0.2, 0) is 4.79 Å². The van der Waals surface area contributed by atoms with Crippen molar-refractivity contribution < 1.29 is 9.90 Å². The summed E-state index contributed by atoms with van der Waals surface area (Å²) in [7, 11) is 0. The van der Waals surface area contributed by atoms with E-state index in [1.165, 1.54) is 18.4 Å². The molecule has 0 spiro atoms. The average molecular weight is 139 g/mol. The molecule has 0 aliphatic rings. The Morgan fingerprint density at radius 2 is 2.30 bits per heavy atom. The summed E-state index contributed by atoms with van der Waals surface area (Å²) in [6.45, 7) is 5.00. The minimum Gasteiger partial charge on any atom is -0.477 e. The number of aliphatic carboxylic acids is 1. The van der Waals surface area contributed by atoms with E-state index in [0.717, 1.165) is 0 Å². The molecule has 0 rings (SSSR count). The van der Waals surface area contributed by atoms with Crippen LogP contribution in [0.25, 0.3) is 0 Å². The smallest absolute Gasteiger partial charge is 0.354 e. The molecule has 0 saturated heterocycles. The van der Waals surface area contributed by atoms with E-state index in [-0.39, 0.29) is 5.70 Å². The molecule has 0 amide bonds. The maximum absolute atomic E-state index is 10.2. The van der Waals surface area contributed by atoms with Crippen molar-refractivity contribution in [2.24, 2.45) is 4.99 Å². The molecule has 3 nitrogen and oxygen atoms in total. The summed E-state index contributed by atoms with van der Waals surface area (Å²) in [5, 5.41) is 8.41. The molecule has 3 heteroatoms. The molecule has 0 aromatic carbocycles. The highest BCUT2D eigenvalue weighted by Crippen LogP contribution is 1.94. The molecule has 0 atom stereocenters. The maximum atomic E-state index is 10.2. The molecule has 10 heavy (non-hydrogen) atoms. The summed E-state index contributed by atoms with van der Waals surface area (Å²) >= 11 is 0. The van der Waals surface area contributed by atoms with Crippen LogP contribution in [0, 0.1) is 0 Å². The first-order chi connectivity index (χ1) is 4.72. The lowest BCUT2D eigenvalue weighted by Crippen LogP contribution is -1.96. The highest BCUT2D eigenvalue weighted by atomic mass is 16.4. The third-order valence-electron chi connectivity index (χ3n) is 0.763. The van der Waals surface area contributed by atoms with Crippen LogP contribution in [0.1, 0.15) is 6.92 Å². The number of allylic oxidation sites excluding steroid dienone is 2. The molecule has 0 radical (unpaired) electrons. The van der Waals surface area contributed by atoms with Gasteiger partial charge in [-0.15, -0.1) is 0 Å². The van der Waals surface area contributed by atoms with Crippen LogP contribution in [0.2, 0.25) is 0 Å². The number of carbonyl (C=O) groups is 1. The Morgan fingerprint density at radius 1 is 1.70 bits per heavy atom. The fraction of sp³-hybridized carbons (Fsp3) is 0.143. The Kier molecular flexibility index (Phi) is 3.87. The summed E-state index contributed by atoms with van der Waals surface area (Å²) in [5.74, 6) is -1.04. The molecule has 0 aliphatic heterocycles. The van der Waals surface area contributed by atoms with E-state index >= 15 is 0 Å². The Bertz CT molecular complexity index is 192. The fourth-order valence-corrected chi connectivity index (χ4v) is 0.420. The molecule has 0 fully saturated rings. The molecular weight excluding hydrogens is 130 g/mol. The Hall–Kier alpha value is -1.38. The summed E-state index contributed by atoms with van der Waals surface area (Å²) < 4.78 is 0. The molecule has 0 aromatic heterocycles. The van der Waals surface area contributed by atoms with Crippen molar-refractivity contribution in [1.82, 2.24) is 0 Å². The van der Waals surface area contributed by atoms with Gasteiger partial charge in [-0.2, -0.15) is 0 Å². The standard InChI is InChI=1S/C7H9NO2/c1-3-5-6(7(9)10)8-4-2/h3-5H,1H2,2H3,(H,9,10)/b6-5-,8-4?. The van der Waals surface area contributed by atoms with Gasteiger partial charge in [0.1, 0.15) is 5.70 Å². The van der Waals surface area contributed by atoms with E-state index in [1.807, 2.05) is 0 Å². The largest absolute Gasteiger partial charge is 0.477 e. The van der Waals surface area contributed by atoms with Gasteiger partial charge in [-0.3, -0.25) is 4.99 Å². The Labute approximate surface area is 59.4 Å². The number of nitrogens with zero attached hydrogens (tertiary/aromatic N) is 1. The number of carboxylic acids is 1. The molecule has 0 aromatic rings. The van der Waals surface area contributed by atoms with Gasteiger partial charge in [0, 0.05) is 6.21 Å². The number of hydrogen-bond donors (Lipinski definition) is 1. The van der Waals surface area contributed by atoms with Gasteiger partial charge < -0.3 is 5.11 Å². The van der Waals surface area contributed by atoms with E-state index in [4.69, 9.17) is 5.11 Å². The highest BCUT2D eigenvalue weighted by molar-refractivity contribution is 5.88. The molecule has 0 aliphatic carbocycles. The first-order valence-electron chi connectivity index (χ1n) is 2.77. The Balaban J connectivity index is 4.41. The highest BCUT2D eigenvalue weighted by Gasteiger charge is 2.00. The van der Waals surface area contributed by atoms with Crippen molar-refractivity contribution >= 4 is 12.2 Å². The molecule has 0 saturated carbocycles. The van der Waals surface area contributed by atoms with E-state index in [2.05, 4.69) is 11.6 Å². The normalized spacial score (nSPS) is 11.9. The zero-order valence-electron chi connectivity index (χ0n) is 5.74. The quantitative estimate of drug-likeness (QED) is 0.363. The molecule has 1 N–H and O–H groups in total. The molecular formula is C7H9NO2. The third-order valence-corrected chi connectivity index (χ3v) is 0.763. The second-order valence-electron chi connectivity index (χ2n) is 1.48. The topological polar surface area (TPSA) is 49.7 Å². The maximum Gasteiger partial charge on any atom is 0.354 e. The van der Waals surface area contributed by atoms with E-state index in [1.54, 1.807) is 6.92 Å². The molecule has 54 valence electrons. The van der Waals surface area contributed by atoms with Crippen molar-refractivity contribution in [1.29, 1.82) is 0 Å². The number of hydrogen-bond acceptors (Lipinski definition) is 2. The van der Waals surface area contributed by atoms with E-state index in [9.17, 15) is 4.79 Å². The van der Waals surface area contributed by atoms with Crippen molar-refractivity contribution in [3.63, 3.8) is 0 Å². The fourth-order valence-electron chi connectivity index (χ4n) is 0.420. The zero-order valence-corrected chi connectivity index (χ0v) is 5.74. The monoisotopic (exact) mass is 139 g/mol. The SMILES string of the molecule is C=C/C=C(\N=CC)C(=O)O. The molecule has 0 bridgehead atoms. The van der Waals surface area contributed by atoms with Gasteiger partial charge in [-0.05, 0) is 13.0 Å². The van der Waals surface area contributed by atoms with E-state index < -0.39 is 5.97 Å². The van der Waals surface area contributed by atoms with Gasteiger partial charge in [-0.25, -0.2) is 4.79 Å². The lowest BCUT2D eigenvalue weighted by molar-refractivity contribution is -0.132. The lowest BCUT2D eigenvalue weighted by atomic mass is 10.4. The van der Waals surface area contributed by atoms with Crippen molar-refractivity contribution in [3.05, 3.63) is 24.4 Å². The molecule has 0 unspecified atom stereocenters. The second-order valence-corrected chi connectivity index (χ2v) is 1.48. The number of rotatable bonds is 3. The van der Waals surface area contributed by atoms with Gasteiger partial charge in [0.2, 0.25) is 0 Å². The first kappa shape index (κ1) is 8.62. The summed E-state index contributed by atoms with van der Waals surface area (Å²) in [5.41, 5.74) is -0.00231. The molecule has 0 heterocycles. The van der Waals surface area contributed by atoms with Gasteiger partial charge in [0.05, 0.1) is 0 Å². The third kappa shape index (κ3) is 2.81. The average Bonchev–Trinajstić information content (AvgIpc) is 1.87. The minimum absolute atomic E-state index is 0.00231. The van der Waals surface area contributed by atoms with Crippen molar-refractivity contribution in [3.8, 4) is 0 Å². The zero-order chi connectivity index (χ0) is 7.98. The van der Waals surface area contributed by atoms with Gasteiger partial charge in [0.15, 0.2) is 0 Å². The minimum atomic E-state index is -1.04. The number of aliphatic imine (C=N–C) groups is 1. The van der Waals surface area contributed by atoms with Crippen LogP contribution < -0.4 is 0 Å². The van der Waals surface area contributed by atoms with Crippen LogP contribution in [0.15, 0.2) is 29.4 Å². The van der Waals surface area contributed by atoms with Crippen LogP contribution in [0.4, 0.5) is 0 Å². The summed E-state index contributed by atoms with van der Waals surface area (Å²) in [6, 6.07) is 0. The summed E-state index contributed by atoms with van der Waals surface area (Å²) in [4.78, 5) is 13.8. The number of carboxylic acid groups (broad SMARTS) is 1. The summed E-state index contributed by atoms with van der Waals surface area (Å²) in [6.07, 6.45) is 4.14. The predicted octanol–water partition coefficient (Wildman–Crippen LogP) is 1.23. The second kappa shape index (κ2) is 4.49.